The molecule has 0 unspecified atom stereocenters. The molecule has 1 nitrogen and oxygen atoms in total. The summed E-state index contributed by atoms with van der Waals surface area (Å²) < 4.78 is 13.8. The van der Waals surface area contributed by atoms with Crippen molar-refractivity contribution in [1.82, 2.24) is 0 Å². The Balaban J connectivity index is 2.68. The minimum absolute atomic E-state index is 0.288. The van der Waals surface area contributed by atoms with E-state index in [4.69, 9.17) is 0 Å². The first-order valence-electron chi connectivity index (χ1n) is 4.64. The van der Waals surface area contributed by atoms with Gasteiger partial charge in [-0.1, -0.05) is 0 Å². The number of halogens is 2. The summed E-state index contributed by atoms with van der Waals surface area (Å²) in [4.78, 5) is 0. The second-order valence-electron chi connectivity index (χ2n) is 4.02. The van der Waals surface area contributed by atoms with Crippen LogP contribution in [0.3, 0.4) is 0 Å². The third kappa shape index (κ3) is 1.39. The zero-order valence-corrected chi connectivity index (χ0v) is 9.78. The predicted molar refractivity (Wildman–Crippen MR) is 56.7 cm³/mol. The van der Waals surface area contributed by atoms with Gasteiger partial charge in [-0.2, -0.15) is 0 Å². The topological polar surface area (TPSA) is 20.2 Å². The Labute approximate surface area is 91.1 Å². The molecule has 3 heteroatoms. The summed E-state index contributed by atoms with van der Waals surface area (Å²) in [6.07, 6.45) is 1.46. The van der Waals surface area contributed by atoms with E-state index in [0.717, 1.165) is 29.5 Å². The minimum atomic E-state index is -0.782. The van der Waals surface area contributed by atoms with Gasteiger partial charge < -0.3 is 5.11 Å². The largest absolute Gasteiger partial charge is 0.385 e. The first-order chi connectivity index (χ1) is 6.46. The van der Waals surface area contributed by atoms with Crippen LogP contribution >= 0.6 is 15.9 Å². The summed E-state index contributed by atoms with van der Waals surface area (Å²) in [5.74, 6) is -0.288. The first-order valence-corrected chi connectivity index (χ1v) is 5.43. The third-order valence-corrected chi connectivity index (χ3v) is 3.70. The van der Waals surface area contributed by atoms with Crippen LogP contribution in [0.1, 0.15) is 29.5 Å². The second kappa shape index (κ2) is 3.04. The Morgan fingerprint density at radius 2 is 2.00 bits per heavy atom. The molecule has 0 heterocycles. The molecular formula is C11H12BrFO. The normalized spacial score (nSPS) is 18.4. The van der Waals surface area contributed by atoms with Crippen LogP contribution in [0, 0.1) is 19.7 Å². The van der Waals surface area contributed by atoms with E-state index >= 15 is 0 Å². The van der Waals surface area contributed by atoms with Gasteiger partial charge in [0.2, 0.25) is 0 Å². The van der Waals surface area contributed by atoms with Gasteiger partial charge in [-0.3, -0.25) is 0 Å². The van der Waals surface area contributed by atoms with E-state index in [2.05, 4.69) is 15.9 Å². The maximum absolute atomic E-state index is 13.4. The number of aryl methyl sites for hydroxylation is 1. The highest BCUT2D eigenvalue weighted by atomic mass is 79.9. The lowest BCUT2D eigenvalue weighted by Crippen LogP contribution is -2.10. The quantitative estimate of drug-likeness (QED) is 0.821. The molecule has 0 aromatic heterocycles. The van der Waals surface area contributed by atoms with Crippen LogP contribution in [-0.2, 0) is 5.60 Å². The van der Waals surface area contributed by atoms with Gasteiger partial charge in [-0.25, -0.2) is 4.39 Å². The number of hydrogen-bond acceptors (Lipinski definition) is 1. The van der Waals surface area contributed by atoms with E-state index in [1.807, 2.05) is 13.8 Å². The lowest BCUT2D eigenvalue weighted by molar-refractivity contribution is 0.149. The molecule has 1 aliphatic rings. The Morgan fingerprint density at radius 1 is 1.43 bits per heavy atom. The third-order valence-electron chi connectivity index (χ3n) is 2.93. The zero-order chi connectivity index (χ0) is 10.5. The van der Waals surface area contributed by atoms with E-state index in [1.165, 1.54) is 6.07 Å². The molecule has 1 saturated carbocycles. The molecule has 14 heavy (non-hydrogen) atoms. The molecule has 0 saturated heterocycles. The van der Waals surface area contributed by atoms with Gasteiger partial charge in [0.25, 0.3) is 0 Å². The fourth-order valence-electron chi connectivity index (χ4n) is 1.76. The summed E-state index contributed by atoms with van der Waals surface area (Å²) in [7, 11) is 0. The van der Waals surface area contributed by atoms with Crippen molar-refractivity contribution < 1.29 is 9.50 Å². The summed E-state index contributed by atoms with van der Waals surface area (Å²) in [6.45, 7) is 3.78. The molecule has 0 bridgehead atoms. The predicted octanol–water partition coefficient (Wildman–Crippen LogP) is 3.19. The van der Waals surface area contributed by atoms with Crippen molar-refractivity contribution in [2.24, 2.45) is 0 Å². The Morgan fingerprint density at radius 3 is 2.50 bits per heavy atom. The van der Waals surface area contributed by atoms with E-state index < -0.39 is 5.60 Å². The minimum Gasteiger partial charge on any atom is -0.385 e. The summed E-state index contributed by atoms with van der Waals surface area (Å²) in [5.41, 5.74) is 1.82. The van der Waals surface area contributed by atoms with Gasteiger partial charge in [0.05, 0.1) is 10.1 Å². The Bertz CT molecular complexity index is 371. The molecule has 1 aromatic rings. The van der Waals surface area contributed by atoms with Crippen molar-refractivity contribution in [3.8, 4) is 0 Å². The molecule has 1 aliphatic carbocycles. The highest BCUT2D eigenvalue weighted by molar-refractivity contribution is 9.10. The van der Waals surface area contributed by atoms with Crippen molar-refractivity contribution >= 4 is 15.9 Å². The molecule has 0 atom stereocenters. The molecule has 0 radical (unpaired) electrons. The smallest absolute Gasteiger partial charge is 0.138 e. The number of benzene rings is 1. The molecule has 76 valence electrons. The van der Waals surface area contributed by atoms with Crippen molar-refractivity contribution in [3.63, 3.8) is 0 Å². The molecule has 0 aliphatic heterocycles. The van der Waals surface area contributed by atoms with Crippen molar-refractivity contribution in [3.05, 3.63) is 33.0 Å². The molecule has 0 spiro atoms. The van der Waals surface area contributed by atoms with E-state index in [1.54, 1.807) is 0 Å². The summed E-state index contributed by atoms with van der Waals surface area (Å²) >= 11 is 3.21. The number of aliphatic hydroxyl groups is 1. The summed E-state index contributed by atoms with van der Waals surface area (Å²) in [5, 5.41) is 10.0. The average Bonchev–Trinajstić information content (AvgIpc) is 2.81. The van der Waals surface area contributed by atoms with Crippen molar-refractivity contribution in [2.75, 3.05) is 0 Å². The van der Waals surface area contributed by atoms with E-state index in [-0.39, 0.29) is 5.82 Å². The van der Waals surface area contributed by atoms with Gasteiger partial charge >= 0.3 is 0 Å². The van der Waals surface area contributed by atoms with Gasteiger partial charge in [0.15, 0.2) is 0 Å². The fourth-order valence-corrected chi connectivity index (χ4v) is 2.55. The molecule has 0 amide bonds. The second-order valence-corrected chi connectivity index (χ2v) is 4.81. The lowest BCUT2D eigenvalue weighted by atomic mass is 9.97. The fraction of sp³-hybridized carbons (Fsp3) is 0.455. The zero-order valence-electron chi connectivity index (χ0n) is 8.19. The van der Waals surface area contributed by atoms with Crippen LogP contribution in [0.25, 0.3) is 0 Å². The molecule has 1 aromatic carbocycles. The Hall–Kier alpha value is -0.410. The molecule has 1 fully saturated rings. The monoisotopic (exact) mass is 258 g/mol. The van der Waals surface area contributed by atoms with Crippen molar-refractivity contribution in [1.29, 1.82) is 0 Å². The van der Waals surface area contributed by atoms with Crippen LogP contribution in [0.15, 0.2) is 10.5 Å². The van der Waals surface area contributed by atoms with Crippen LogP contribution < -0.4 is 0 Å². The number of hydrogen-bond donors (Lipinski definition) is 1. The van der Waals surface area contributed by atoms with Gasteiger partial charge in [0, 0.05) is 5.56 Å². The van der Waals surface area contributed by atoms with Crippen LogP contribution in [0.2, 0.25) is 0 Å². The van der Waals surface area contributed by atoms with Crippen molar-refractivity contribution in [2.45, 2.75) is 32.3 Å². The Kier molecular flexibility index (Phi) is 2.20. The van der Waals surface area contributed by atoms with E-state index in [0.29, 0.717) is 4.47 Å². The molecular weight excluding hydrogens is 247 g/mol. The highest BCUT2D eigenvalue weighted by Crippen LogP contribution is 2.50. The maximum Gasteiger partial charge on any atom is 0.138 e. The first kappa shape index (κ1) is 10.1. The average molecular weight is 259 g/mol. The maximum atomic E-state index is 13.4. The standard InChI is InChI=1S/C11H12BrFO/c1-6-5-8(13)10(12)9(7(6)2)11(14)3-4-11/h5,14H,3-4H2,1-2H3. The highest BCUT2D eigenvalue weighted by Gasteiger charge is 2.45. The number of rotatable bonds is 1. The van der Waals surface area contributed by atoms with Crippen LogP contribution in [0.4, 0.5) is 4.39 Å². The SMILES string of the molecule is Cc1cc(F)c(Br)c(C2(O)CC2)c1C. The van der Waals surface area contributed by atoms with Gasteiger partial charge in [-0.05, 0) is 59.8 Å². The van der Waals surface area contributed by atoms with Crippen LogP contribution in [-0.4, -0.2) is 5.11 Å². The van der Waals surface area contributed by atoms with Gasteiger partial charge in [0.1, 0.15) is 5.82 Å². The van der Waals surface area contributed by atoms with Crippen LogP contribution in [0.5, 0.6) is 0 Å². The van der Waals surface area contributed by atoms with E-state index in [9.17, 15) is 9.50 Å². The molecule has 2 rings (SSSR count). The summed E-state index contributed by atoms with van der Waals surface area (Å²) in [6, 6.07) is 1.49. The van der Waals surface area contributed by atoms with Gasteiger partial charge in [-0.15, -0.1) is 0 Å². The lowest BCUT2D eigenvalue weighted by Gasteiger charge is -2.16. The molecule has 1 N–H and O–H groups in total.